The third-order valence-electron chi connectivity index (χ3n) is 9.71. The predicted octanol–water partition coefficient (Wildman–Crippen LogP) is 4.69. The molecule has 0 amide bonds. The number of rotatable bonds is 2. The predicted molar refractivity (Wildman–Crippen MR) is 100 cm³/mol. The van der Waals surface area contributed by atoms with Gasteiger partial charge in [-0.3, -0.25) is 0 Å². The molecule has 0 radical (unpaired) electrons. The number of hydrogen-bond acceptors (Lipinski definition) is 3. The summed E-state index contributed by atoms with van der Waals surface area (Å²) in [6.07, 6.45) is 12.1. The summed E-state index contributed by atoms with van der Waals surface area (Å²) in [7, 11) is 0. The first-order chi connectivity index (χ1) is 12.5. The van der Waals surface area contributed by atoms with E-state index in [1.54, 1.807) is 0 Å². The molecule has 5 fully saturated rings. The van der Waals surface area contributed by atoms with Crippen molar-refractivity contribution in [1.29, 1.82) is 5.26 Å². The van der Waals surface area contributed by atoms with E-state index in [-0.39, 0.29) is 23.5 Å². The van der Waals surface area contributed by atoms with Gasteiger partial charge in [0.05, 0.1) is 30.3 Å². The Morgan fingerprint density at radius 2 is 1.73 bits per heavy atom. The number of ether oxygens (including phenoxy) is 1. The van der Waals surface area contributed by atoms with Crippen molar-refractivity contribution in [2.24, 2.45) is 40.4 Å². The quantitative estimate of drug-likeness (QED) is 0.780. The Balaban J connectivity index is 1.40. The molecule has 9 atom stereocenters. The van der Waals surface area contributed by atoms with Gasteiger partial charge in [0, 0.05) is 0 Å². The van der Waals surface area contributed by atoms with Crippen molar-refractivity contribution in [1.82, 2.24) is 0 Å². The van der Waals surface area contributed by atoms with Gasteiger partial charge in [0.25, 0.3) is 0 Å². The van der Waals surface area contributed by atoms with Crippen LogP contribution in [0.5, 0.6) is 0 Å². The Morgan fingerprint density at radius 1 is 0.962 bits per heavy atom. The van der Waals surface area contributed by atoms with Crippen molar-refractivity contribution in [3.63, 3.8) is 0 Å². The van der Waals surface area contributed by atoms with E-state index in [4.69, 9.17) is 4.74 Å². The SMILES string of the molecule is C[C@]12C[C@H](OC3CC3)[C@@H](O)C[C@@H]1CC[C@@H]1[C@@H]2CC[C@]2(C)[C@H](C#N)CC[C@@H]12. The van der Waals surface area contributed by atoms with Crippen molar-refractivity contribution >= 4 is 0 Å². The highest BCUT2D eigenvalue weighted by Gasteiger charge is 2.61. The zero-order valence-corrected chi connectivity index (χ0v) is 16.5. The normalized spacial score (nSPS) is 56.2. The second kappa shape index (κ2) is 5.95. The Morgan fingerprint density at radius 3 is 2.46 bits per heavy atom. The van der Waals surface area contributed by atoms with Crippen molar-refractivity contribution in [3.05, 3.63) is 0 Å². The van der Waals surface area contributed by atoms with Crippen molar-refractivity contribution in [2.45, 2.75) is 96.4 Å². The average Bonchev–Trinajstić information content (AvgIpc) is 3.35. The van der Waals surface area contributed by atoms with Gasteiger partial charge in [-0.2, -0.15) is 5.26 Å². The van der Waals surface area contributed by atoms with E-state index in [9.17, 15) is 10.4 Å². The molecule has 0 saturated heterocycles. The lowest BCUT2D eigenvalue weighted by atomic mass is 9.44. The molecule has 5 aliphatic carbocycles. The molecule has 0 bridgehead atoms. The molecule has 144 valence electrons. The second-order valence-electron chi connectivity index (χ2n) is 10.8. The third kappa shape index (κ3) is 2.44. The molecule has 5 rings (SSSR count). The zero-order valence-electron chi connectivity index (χ0n) is 16.5. The van der Waals surface area contributed by atoms with E-state index in [0.29, 0.717) is 17.4 Å². The molecule has 0 spiro atoms. The molecule has 0 unspecified atom stereocenters. The van der Waals surface area contributed by atoms with Gasteiger partial charge >= 0.3 is 0 Å². The van der Waals surface area contributed by atoms with Crippen LogP contribution >= 0.6 is 0 Å². The minimum atomic E-state index is -0.256. The largest absolute Gasteiger partial charge is 0.390 e. The molecule has 3 nitrogen and oxygen atoms in total. The van der Waals surface area contributed by atoms with Crippen LogP contribution in [0.15, 0.2) is 0 Å². The molecule has 5 aliphatic rings. The number of fused-ring (bicyclic) bond motifs is 5. The number of aliphatic hydroxyl groups excluding tert-OH is 1. The van der Waals surface area contributed by atoms with Crippen molar-refractivity contribution in [2.75, 3.05) is 0 Å². The molecule has 0 aliphatic heterocycles. The minimum absolute atomic E-state index is 0.0613. The summed E-state index contributed by atoms with van der Waals surface area (Å²) >= 11 is 0. The summed E-state index contributed by atoms with van der Waals surface area (Å²) in [4.78, 5) is 0. The van der Waals surface area contributed by atoms with E-state index in [0.717, 1.165) is 37.0 Å². The molecule has 5 saturated carbocycles. The fourth-order valence-corrected chi connectivity index (χ4v) is 8.06. The van der Waals surface area contributed by atoms with Gasteiger partial charge < -0.3 is 9.84 Å². The summed E-state index contributed by atoms with van der Waals surface area (Å²) in [6, 6.07) is 2.65. The summed E-state index contributed by atoms with van der Waals surface area (Å²) in [5, 5.41) is 20.4. The highest BCUT2D eigenvalue weighted by atomic mass is 16.5. The fraction of sp³-hybridized carbons (Fsp3) is 0.957. The molecule has 0 aromatic heterocycles. The smallest absolute Gasteiger partial charge is 0.0843 e. The van der Waals surface area contributed by atoms with E-state index >= 15 is 0 Å². The molecule has 0 aromatic rings. The Labute approximate surface area is 158 Å². The van der Waals surface area contributed by atoms with Crippen LogP contribution in [0.1, 0.15) is 78.1 Å². The Hall–Kier alpha value is -0.590. The average molecular weight is 358 g/mol. The van der Waals surface area contributed by atoms with E-state index in [1.807, 2.05) is 0 Å². The molecular weight excluding hydrogens is 322 g/mol. The fourth-order valence-electron chi connectivity index (χ4n) is 8.06. The number of nitrogens with zero attached hydrogens (tertiary/aromatic N) is 1. The molecule has 0 heterocycles. The highest BCUT2D eigenvalue weighted by molar-refractivity contribution is 5.13. The first-order valence-corrected chi connectivity index (χ1v) is 11.2. The number of hydrogen-bond donors (Lipinski definition) is 1. The number of nitriles is 1. The summed E-state index contributed by atoms with van der Waals surface area (Å²) < 4.78 is 6.26. The van der Waals surface area contributed by atoms with Gasteiger partial charge in [0.15, 0.2) is 0 Å². The van der Waals surface area contributed by atoms with Crippen LogP contribution < -0.4 is 0 Å². The van der Waals surface area contributed by atoms with Gasteiger partial charge in [0.1, 0.15) is 0 Å². The van der Waals surface area contributed by atoms with Crippen molar-refractivity contribution in [3.8, 4) is 6.07 Å². The van der Waals surface area contributed by atoms with Gasteiger partial charge in [-0.25, -0.2) is 0 Å². The monoisotopic (exact) mass is 357 g/mol. The lowest BCUT2D eigenvalue weighted by Gasteiger charge is -2.61. The van der Waals surface area contributed by atoms with Gasteiger partial charge in [0.2, 0.25) is 0 Å². The Bertz CT molecular complexity index is 610. The van der Waals surface area contributed by atoms with Crippen LogP contribution in [0.4, 0.5) is 0 Å². The molecule has 26 heavy (non-hydrogen) atoms. The highest BCUT2D eigenvalue weighted by Crippen LogP contribution is 2.67. The molecular formula is C23H35NO2. The van der Waals surface area contributed by atoms with Crippen LogP contribution in [-0.4, -0.2) is 23.4 Å². The van der Waals surface area contributed by atoms with Gasteiger partial charge in [-0.1, -0.05) is 13.8 Å². The first-order valence-electron chi connectivity index (χ1n) is 11.2. The standard InChI is InChI=1S/C23H35NO2/c1-22-10-9-19-17(18(22)8-4-15(22)13-24)7-3-14-11-20(25)21(12-23(14,19)2)26-16-5-6-16/h14-21,25H,3-12H2,1-2H3/t14-,15-,17-,18-,19-,20-,21-,22+,23-/m0/s1. The second-order valence-corrected chi connectivity index (χ2v) is 10.8. The summed E-state index contributed by atoms with van der Waals surface area (Å²) in [6.45, 7) is 4.95. The third-order valence-corrected chi connectivity index (χ3v) is 9.71. The van der Waals surface area contributed by atoms with E-state index < -0.39 is 0 Å². The Kier molecular flexibility index (Phi) is 4.01. The lowest BCUT2D eigenvalue weighted by molar-refractivity contribution is -0.173. The minimum Gasteiger partial charge on any atom is -0.390 e. The summed E-state index contributed by atoms with van der Waals surface area (Å²) in [5.41, 5.74) is 0.588. The maximum absolute atomic E-state index is 10.7. The van der Waals surface area contributed by atoms with E-state index in [1.165, 1.54) is 44.9 Å². The van der Waals surface area contributed by atoms with Crippen LogP contribution in [0.2, 0.25) is 0 Å². The van der Waals surface area contributed by atoms with Crippen LogP contribution in [0.25, 0.3) is 0 Å². The van der Waals surface area contributed by atoms with Gasteiger partial charge in [-0.05, 0) is 98.7 Å². The summed E-state index contributed by atoms with van der Waals surface area (Å²) in [5.74, 6) is 3.26. The molecule has 3 heteroatoms. The van der Waals surface area contributed by atoms with Crippen LogP contribution in [0.3, 0.4) is 0 Å². The topological polar surface area (TPSA) is 53.2 Å². The van der Waals surface area contributed by atoms with Crippen LogP contribution in [-0.2, 0) is 4.74 Å². The first kappa shape index (κ1) is 17.5. The maximum atomic E-state index is 10.7. The molecule has 0 aromatic carbocycles. The lowest BCUT2D eigenvalue weighted by Crippen LogP contribution is -2.57. The zero-order chi connectivity index (χ0) is 18.1. The van der Waals surface area contributed by atoms with Crippen molar-refractivity contribution < 1.29 is 9.84 Å². The molecule has 1 N–H and O–H groups in total. The maximum Gasteiger partial charge on any atom is 0.0843 e. The van der Waals surface area contributed by atoms with Crippen LogP contribution in [0, 0.1) is 51.8 Å². The van der Waals surface area contributed by atoms with E-state index in [2.05, 4.69) is 19.9 Å². The number of aliphatic hydroxyl groups is 1. The van der Waals surface area contributed by atoms with Gasteiger partial charge in [-0.15, -0.1) is 0 Å².